The van der Waals surface area contributed by atoms with E-state index in [1.165, 1.54) is 41.0 Å². The highest BCUT2D eigenvalue weighted by atomic mass is 19.1. The summed E-state index contributed by atoms with van der Waals surface area (Å²) in [4.78, 5) is 36.7. The van der Waals surface area contributed by atoms with Gasteiger partial charge in [-0.25, -0.2) is 4.39 Å². The molecule has 36 heavy (non-hydrogen) atoms. The zero-order chi connectivity index (χ0) is 26.2. The summed E-state index contributed by atoms with van der Waals surface area (Å²) in [5, 5.41) is 12.3. The first kappa shape index (κ1) is 26.6. The van der Waals surface area contributed by atoms with E-state index in [1.807, 2.05) is 13.8 Å². The molecule has 0 spiro atoms. The van der Waals surface area contributed by atoms with Crippen molar-refractivity contribution in [2.75, 3.05) is 18.9 Å². The highest BCUT2D eigenvalue weighted by Gasteiger charge is 2.18. The summed E-state index contributed by atoms with van der Waals surface area (Å²) in [5.41, 5.74) is 6.64. The van der Waals surface area contributed by atoms with Crippen molar-refractivity contribution >= 4 is 17.6 Å². The van der Waals surface area contributed by atoms with E-state index in [0.717, 1.165) is 0 Å². The minimum absolute atomic E-state index is 0.0223. The van der Waals surface area contributed by atoms with Crippen molar-refractivity contribution in [2.45, 2.75) is 32.7 Å². The first-order valence-electron chi connectivity index (χ1n) is 11.7. The zero-order valence-electron chi connectivity index (χ0n) is 20.2. The summed E-state index contributed by atoms with van der Waals surface area (Å²) >= 11 is 0. The number of nitrogen functional groups attached to an aromatic ring is 1. The van der Waals surface area contributed by atoms with Crippen LogP contribution in [0.1, 0.15) is 42.6 Å². The summed E-state index contributed by atoms with van der Waals surface area (Å²) in [5.74, 6) is -0.923. The predicted molar refractivity (Wildman–Crippen MR) is 135 cm³/mol. The summed E-state index contributed by atoms with van der Waals surface area (Å²) in [6.45, 7) is 4.84. The second-order valence-corrected chi connectivity index (χ2v) is 8.81. The highest BCUT2D eigenvalue weighted by molar-refractivity contribution is 6.11. The Morgan fingerprint density at radius 1 is 1.06 bits per heavy atom. The number of hydrogen-bond acceptors (Lipinski definition) is 6. The Morgan fingerprint density at radius 2 is 1.72 bits per heavy atom. The molecule has 4 N–H and O–H groups in total. The van der Waals surface area contributed by atoms with Crippen molar-refractivity contribution in [1.82, 2.24) is 9.88 Å². The fourth-order valence-electron chi connectivity index (χ4n) is 3.74. The number of aliphatic carboxylic acids is 1. The van der Waals surface area contributed by atoms with Crippen molar-refractivity contribution in [3.05, 3.63) is 88.0 Å². The second-order valence-electron chi connectivity index (χ2n) is 8.81. The lowest BCUT2D eigenvalue weighted by Gasteiger charge is -2.16. The molecule has 0 radical (unpaired) electrons. The SMILES string of the molecule is CC(C)C[C@H](NCCCOc1ccc(-n2c(N)c(C(=O)c3ccc(F)cc3)ccc2=O)cc1)C(=O)O. The van der Waals surface area contributed by atoms with Crippen molar-refractivity contribution in [2.24, 2.45) is 5.92 Å². The van der Waals surface area contributed by atoms with Crippen LogP contribution in [0, 0.1) is 11.7 Å². The predicted octanol–water partition coefficient (Wildman–Crippen LogP) is 3.65. The maximum Gasteiger partial charge on any atom is 0.320 e. The number of aromatic nitrogens is 1. The van der Waals surface area contributed by atoms with E-state index in [0.29, 0.717) is 37.4 Å². The normalized spacial score (nSPS) is 11.9. The van der Waals surface area contributed by atoms with E-state index in [-0.39, 0.29) is 22.9 Å². The van der Waals surface area contributed by atoms with Crippen LogP contribution in [-0.2, 0) is 4.79 Å². The van der Waals surface area contributed by atoms with Gasteiger partial charge in [0.2, 0.25) is 0 Å². The van der Waals surface area contributed by atoms with Gasteiger partial charge in [-0.3, -0.25) is 19.0 Å². The molecule has 0 saturated carbocycles. The van der Waals surface area contributed by atoms with E-state index >= 15 is 0 Å². The third kappa shape index (κ3) is 6.79. The Morgan fingerprint density at radius 3 is 2.33 bits per heavy atom. The van der Waals surface area contributed by atoms with Crippen LogP contribution in [0.4, 0.5) is 10.2 Å². The van der Waals surface area contributed by atoms with Gasteiger partial charge < -0.3 is 20.9 Å². The molecule has 3 rings (SSSR count). The average Bonchev–Trinajstić information content (AvgIpc) is 2.84. The van der Waals surface area contributed by atoms with Gasteiger partial charge in [-0.2, -0.15) is 0 Å². The number of nitrogens with two attached hydrogens (primary N) is 1. The van der Waals surface area contributed by atoms with Gasteiger partial charge in [0.15, 0.2) is 5.78 Å². The first-order valence-corrected chi connectivity index (χ1v) is 11.7. The maximum atomic E-state index is 13.2. The molecule has 8 nitrogen and oxygen atoms in total. The van der Waals surface area contributed by atoms with Gasteiger partial charge in [-0.15, -0.1) is 0 Å². The molecule has 1 atom stereocenters. The molecular weight excluding hydrogens is 465 g/mol. The number of carbonyl (C=O) groups is 2. The minimum atomic E-state index is -0.863. The number of benzene rings is 2. The van der Waals surface area contributed by atoms with Crippen LogP contribution in [-0.4, -0.2) is 40.6 Å². The van der Waals surface area contributed by atoms with Crippen molar-refractivity contribution < 1.29 is 23.8 Å². The summed E-state index contributed by atoms with van der Waals surface area (Å²) < 4.78 is 20.2. The molecule has 1 heterocycles. The molecule has 0 fully saturated rings. The first-order chi connectivity index (χ1) is 17.2. The number of halogens is 1. The number of nitrogens with zero attached hydrogens (tertiary/aromatic N) is 1. The number of nitrogens with one attached hydrogen (secondary N) is 1. The Kier molecular flexibility index (Phi) is 8.97. The van der Waals surface area contributed by atoms with Crippen molar-refractivity contribution in [3.63, 3.8) is 0 Å². The molecule has 0 amide bonds. The molecule has 0 unspecified atom stereocenters. The van der Waals surface area contributed by atoms with E-state index in [1.54, 1.807) is 24.3 Å². The fraction of sp³-hybridized carbons (Fsp3) is 0.296. The van der Waals surface area contributed by atoms with E-state index < -0.39 is 29.2 Å². The zero-order valence-corrected chi connectivity index (χ0v) is 20.2. The van der Waals surface area contributed by atoms with Crippen LogP contribution in [0.5, 0.6) is 5.75 Å². The van der Waals surface area contributed by atoms with Crippen LogP contribution >= 0.6 is 0 Å². The van der Waals surface area contributed by atoms with Gasteiger partial charge in [0.1, 0.15) is 23.4 Å². The number of carboxylic acids is 1. The third-order valence-corrected chi connectivity index (χ3v) is 5.56. The fourth-order valence-corrected chi connectivity index (χ4v) is 3.74. The lowest BCUT2D eigenvalue weighted by atomic mass is 10.0. The molecule has 9 heteroatoms. The largest absolute Gasteiger partial charge is 0.494 e. The Hall–Kier alpha value is -3.98. The number of ketones is 1. The maximum absolute atomic E-state index is 13.2. The van der Waals surface area contributed by atoms with Gasteiger partial charge in [0.05, 0.1) is 17.9 Å². The Bertz CT molecular complexity index is 1250. The molecule has 2 aromatic carbocycles. The average molecular weight is 496 g/mol. The van der Waals surface area contributed by atoms with Gasteiger partial charge in [-0.1, -0.05) is 13.8 Å². The number of carboxylic acid groups (broad SMARTS) is 1. The van der Waals surface area contributed by atoms with Gasteiger partial charge in [-0.05, 0) is 79.9 Å². The number of carbonyl (C=O) groups excluding carboxylic acids is 1. The van der Waals surface area contributed by atoms with Gasteiger partial charge >= 0.3 is 5.97 Å². The van der Waals surface area contributed by atoms with E-state index in [2.05, 4.69) is 5.32 Å². The number of rotatable bonds is 12. The molecule has 0 bridgehead atoms. The molecule has 0 aliphatic heterocycles. The number of ether oxygens (including phenoxy) is 1. The highest BCUT2D eigenvalue weighted by Crippen LogP contribution is 2.21. The molecule has 190 valence electrons. The van der Waals surface area contributed by atoms with Crippen molar-refractivity contribution in [1.29, 1.82) is 0 Å². The lowest BCUT2D eigenvalue weighted by molar-refractivity contribution is -0.139. The molecule has 3 aromatic rings. The molecular formula is C27H30FN3O5. The Labute approximate surface area is 208 Å². The smallest absolute Gasteiger partial charge is 0.320 e. The molecule has 1 aromatic heterocycles. The van der Waals surface area contributed by atoms with Crippen LogP contribution in [0.15, 0.2) is 65.5 Å². The van der Waals surface area contributed by atoms with Crippen LogP contribution in [0.2, 0.25) is 0 Å². The van der Waals surface area contributed by atoms with Crippen LogP contribution < -0.4 is 21.3 Å². The van der Waals surface area contributed by atoms with Gasteiger partial charge in [0, 0.05) is 11.6 Å². The topological polar surface area (TPSA) is 124 Å². The van der Waals surface area contributed by atoms with Gasteiger partial charge in [0.25, 0.3) is 5.56 Å². The van der Waals surface area contributed by atoms with Crippen molar-refractivity contribution in [3.8, 4) is 11.4 Å². The second kappa shape index (κ2) is 12.1. The molecule has 0 saturated heterocycles. The standard InChI is InChI=1S/C27H30FN3O5/c1-17(2)16-23(27(34)35)30-14-3-15-36-21-10-8-20(9-11-21)31-24(32)13-12-22(26(31)29)25(33)18-4-6-19(28)7-5-18/h4-13,17,23,30H,3,14-16,29H2,1-2H3,(H,34,35)/t23-/m0/s1. The number of anilines is 1. The molecule has 0 aliphatic carbocycles. The van der Waals surface area contributed by atoms with E-state index in [4.69, 9.17) is 10.5 Å². The van der Waals surface area contributed by atoms with Crippen LogP contribution in [0.3, 0.4) is 0 Å². The summed E-state index contributed by atoms with van der Waals surface area (Å²) in [6, 6.07) is 13.8. The quantitative estimate of drug-likeness (QED) is 0.259. The minimum Gasteiger partial charge on any atom is -0.494 e. The Balaban J connectivity index is 1.64. The monoisotopic (exact) mass is 495 g/mol. The lowest BCUT2D eigenvalue weighted by Crippen LogP contribution is -2.38. The summed E-state index contributed by atoms with van der Waals surface area (Å²) in [7, 11) is 0. The number of hydrogen-bond donors (Lipinski definition) is 3. The number of pyridine rings is 1. The summed E-state index contributed by atoms with van der Waals surface area (Å²) in [6.07, 6.45) is 1.17. The van der Waals surface area contributed by atoms with E-state index in [9.17, 15) is 23.9 Å². The molecule has 0 aliphatic rings. The van der Waals surface area contributed by atoms with Crippen LogP contribution in [0.25, 0.3) is 5.69 Å². The third-order valence-electron chi connectivity index (χ3n) is 5.56.